The van der Waals surface area contributed by atoms with Crippen molar-refractivity contribution >= 4 is 23.4 Å². The Bertz CT molecular complexity index is 717. The SMILES string of the molecule is CCCCC(=O)O.CCc1cc(C)c(C(=O)c2ccc(Cl)cc2)n1C. The van der Waals surface area contributed by atoms with Gasteiger partial charge in [0.1, 0.15) is 0 Å². The molecule has 0 amide bonds. The first-order chi connectivity index (χ1) is 11.8. The summed E-state index contributed by atoms with van der Waals surface area (Å²) in [5, 5.41) is 8.69. The zero-order chi connectivity index (χ0) is 19.0. The van der Waals surface area contributed by atoms with Crippen LogP contribution in [0.1, 0.15) is 60.4 Å². The molecule has 1 heterocycles. The van der Waals surface area contributed by atoms with Crippen molar-refractivity contribution in [3.8, 4) is 0 Å². The molecule has 1 aromatic heterocycles. The van der Waals surface area contributed by atoms with E-state index in [0.717, 1.165) is 30.5 Å². The van der Waals surface area contributed by atoms with Crippen molar-refractivity contribution in [3.05, 3.63) is 57.9 Å². The molecule has 1 aromatic carbocycles. The number of ketones is 1. The molecule has 2 rings (SSSR count). The molecule has 0 saturated carbocycles. The summed E-state index contributed by atoms with van der Waals surface area (Å²) in [7, 11) is 1.94. The van der Waals surface area contributed by atoms with E-state index in [1.54, 1.807) is 24.3 Å². The van der Waals surface area contributed by atoms with Crippen LogP contribution in [0.2, 0.25) is 5.02 Å². The topological polar surface area (TPSA) is 59.3 Å². The summed E-state index contributed by atoms with van der Waals surface area (Å²) in [5.74, 6) is -0.645. The van der Waals surface area contributed by atoms with E-state index in [2.05, 4.69) is 13.0 Å². The van der Waals surface area contributed by atoms with Gasteiger partial charge in [-0.25, -0.2) is 0 Å². The number of unbranched alkanes of at least 4 members (excludes halogenated alkanes) is 1. The van der Waals surface area contributed by atoms with Crippen molar-refractivity contribution in [2.45, 2.75) is 46.5 Å². The number of aryl methyl sites for hydroxylation is 2. The van der Waals surface area contributed by atoms with Crippen molar-refractivity contribution in [2.75, 3.05) is 0 Å². The van der Waals surface area contributed by atoms with Gasteiger partial charge >= 0.3 is 5.97 Å². The highest BCUT2D eigenvalue weighted by molar-refractivity contribution is 6.30. The average Bonchev–Trinajstić information content (AvgIpc) is 2.87. The highest BCUT2D eigenvalue weighted by atomic mass is 35.5. The normalized spacial score (nSPS) is 10.1. The molecule has 0 atom stereocenters. The molecule has 0 unspecified atom stereocenters. The van der Waals surface area contributed by atoms with Gasteiger partial charge in [-0.2, -0.15) is 0 Å². The van der Waals surface area contributed by atoms with E-state index in [4.69, 9.17) is 16.7 Å². The number of carbonyl (C=O) groups is 2. The lowest BCUT2D eigenvalue weighted by Crippen LogP contribution is -2.10. The molecule has 0 saturated heterocycles. The lowest BCUT2D eigenvalue weighted by Gasteiger charge is -2.07. The highest BCUT2D eigenvalue weighted by Gasteiger charge is 2.17. The van der Waals surface area contributed by atoms with Gasteiger partial charge in [0.15, 0.2) is 0 Å². The van der Waals surface area contributed by atoms with Gasteiger partial charge in [-0.3, -0.25) is 9.59 Å². The Morgan fingerprint density at radius 3 is 2.16 bits per heavy atom. The van der Waals surface area contributed by atoms with E-state index in [1.165, 1.54) is 5.69 Å². The molecule has 0 radical (unpaired) electrons. The second-order valence-electron chi connectivity index (χ2n) is 5.91. The van der Waals surface area contributed by atoms with Gasteiger partial charge in [-0.1, -0.05) is 31.9 Å². The maximum atomic E-state index is 12.5. The van der Waals surface area contributed by atoms with Gasteiger partial charge < -0.3 is 9.67 Å². The molecule has 5 heteroatoms. The minimum atomic E-state index is -0.693. The summed E-state index contributed by atoms with van der Waals surface area (Å²) >= 11 is 5.83. The minimum absolute atomic E-state index is 0.0476. The molecular formula is C20H26ClNO3. The molecule has 1 N–H and O–H groups in total. The fourth-order valence-electron chi connectivity index (χ4n) is 2.56. The fourth-order valence-corrected chi connectivity index (χ4v) is 2.69. The van der Waals surface area contributed by atoms with Crippen LogP contribution in [0, 0.1) is 6.92 Å². The number of carbonyl (C=O) groups excluding carboxylic acids is 1. The Morgan fingerprint density at radius 2 is 1.76 bits per heavy atom. The monoisotopic (exact) mass is 363 g/mol. The van der Waals surface area contributed by atoms with Gasteiger partial charge in [-0.05, 0) is 55.7 Å². The highest BCUT2D eigenvalue weighted by Crippen LogP contribution is 2.19. The second kappa shape index (κ2) is 10.0. The van der Waals surface area contributed by atoms with Crippen LogP contribution in [0.15, 0.2) is 30.3 Å². The molecule has 0 aliphatic heterocycles. The number of hydrogen-bond donors (Lipinski definition) is 1. The summed E-state index contributed by atoms with van der Waals surface area (Å²) in [6.07, 6.45) is 3.00. The van der Waals surface area contributed by atoms with Gasteiger partial charge in [0.05, 0.1) is 5.69 Å². The third-order valence-electron chi connectivity index (χ3n) is 3.95. The van der Waals surface area contributed by atoms with Crippen molar-refractivity contribution < 1.29 is 14.7 Å². The molecule has 136 valence electrons. The number of hydrogen-bond acceptors (Lipinski definition) is 2. The van der Waals surface area contributed by atoms with E-state index in [1.807, 2.05) is 25.5 Å². The van der Waals surface area contributed by atoms with Crippen LogP contribution < -0.4 is 0 Å². The number of aliphatic carboxylic acids is 1. The number of carboxylic acid groups (broad SMARTS) is 1. The van der Waals surface area contributed by atoms with Crippen LogP contribution in [0.25, 0.3) is 0 Å². The van der Waals surface area contributed by atoms with E-state index in [9.17, 15) is 9.59 Å². The summed E-state index contributed by atoms with van der Waals surface area (Å²) < 4.78 is 1.98. The molecule has 0 spiro atoms. The van der Waals surface area contributed by atoms with Crippen LogP contribution in [-0.4, -0.2) is 21.4 Å². The predicted molar refractivity (Wildman–Crippen MR) is 102 cm³/mol. The molecule has 0 bridgehead atoms. The summed E-state index contributed by atoms with van der Waals surface area (Å²) in [5.41, 5.74) is 3.62. The minimum Gasteiger partial charge on any atom is -0.481 e. The third-order valence-corrected chi connectivity index (χ3v) is 4.20. The Kier molecular flexibility index (Phi) is 8.42. The number of rotatable bonds is 6. The van der Waals surface area contributed by atoms with Crippen LogP contribution in [0.5, 0.6) is 0 Å². The number of halogens is 1. The summed E-state index contributed by atoms with van der Waals surface area (Å²) in [4.78, 5) is 22.2. The number of carboxylic acids is 1. The quantitative estimate of drug-likeness (QED) is 0.731. The largest absolute Gasteiger partial charge is 0.481 e. The van der Waals surface area contributed by atoms with Crippen LogP contribution in [-0.2, 0) is 18.3 Å². The van der Waals surface area contributed by atoms with E-state index < -0.39 is 5.97 Å². The first-order valence-corrected chi connectivity index (χ1v) is 8.86. The lowest BCUT2D eigenvalue weighted by atomic mass is 10.1. The number of aromatic nitrogens is 1. The molecule has 25 heavy (non-hydrogen) atoms. The second-order valence-corrected chi connectivity index (χ2v) is 6.35. The van der Waals surface area contributed by atoms with Gasteiger partial charge in [-0.15, -0.1) is 0 Å². The molecule has 0 fully saturated rings. The standard InChI is InChI=1S/C15H16ClNO.C5H10O2/c1-4-13-9-10(2)14(17(13)3)15(18)11-5-7-12(16)8-6-11;1-2-3-4-5(6)7/h5-9H,4H2,1-3H3;2-4H2,1H3,(H,6,7). The molecule has 2 aromatic rings. The third kappa shape index (κ3) is 6.05. The smallest absolute Gasteiger partial charge is 0.303 e. The van der Waals surface area contributed by atoms with Gasteiger partial charge in [0.2, 0.25) is 5.78 Å². The zero-order valence-electron chi connectivity index (χ0n) is 15.3. The van der Waals surface area contributed by atoms with E-state index in [0.29, 0.717) is 17.0 Å². The molecule has 4 nitrogen and oxygen atoms in total. The van der Waals surface area contributed by atoms with Crippen molar-refractivity contribution in [3.63, 3.8) is 0 Å². The first kappa shape index (κ1) is 21.0. The Hall–Kier alpha value is -2.07. The molecule has 0 aliphatic carbocycles. The number of nitrogens with zero attached hydrogens (tertiary/aromatic N) is 1. The van der Waals surface area contributed by atoms with Crippen molar-refractivity contribution in [2.24, 2.45) is 7.05 Å². The molecular weight excluding hydrogens is 338 g/mol. The number of benzene rings is 1. The van der Waals surface area contributed by atoms with Crippen molar-refractivity contribution in [1.82, 2.24) is 4.57 Å². The summed E-state index contributed by atoms with van der Waals surface area (Å²) in [6.45, 7) is 6.04. The Morgan fingerprint density at radius 1 is 1.16 bits per heavy atom. The van der Waals surface area contributed by atoms with Crippen LogP contribution in [0.4, 0.5) is 0 Å². The van der Waals surface area contributed by atoms with E-state index >= 15 is 0 Å². The first-order valence-electron chi connectivity index (χ1n) is 8.49. The fraction of sp³-hybridized carbons (Fsp3) is 0.400. The Balaban J connectivity index is 0.000000381. The summed E-state index contributed by atoms with van der Waals surface area (Å²) in [6, 6.07) is 9.09. The maximum Gasteiger partial charge on any atom is 0.303 e. The van der Waals surface area contributed by atoms with Crippen LogP contribution >= 0.6 is 11.6 Å². The van der Waals surface area contributed by atoms with Crippen molar-refractivity contribution in [1.29, 1.82) is 0 Å². The molecule has 0 aliphatic rings. The van der Waals surface area contributed by atoms with E-state index in [-0.39, 0.29) is 5.78 Å². The van der Waals surface area contributed by atoms with Crippen LogP contribution in [0.3, 0.4) is 0 Å². The van der Waals surface area contributed by atoms with Gasteiger partial charge in [0, 0.05) is 29.7 Å². The average molecular weight is 364 g/mol. The predicted octanol–water partition coefficient (Wildman–Crippen LogP) is 5.04. The zero-order valence-corrected chi connectivity index (χ0v) is 16.1. The maximum absolute atomic E-state index is 12.5. The Labute approximate surface area is 154 Å². The van der Waals surface area contributed by atoms with Gasteiger partial charge in [0.25, 0.3) is 0 Å². The lowest BCUT2D eigenvalue weighted by molar-refractivity contribution is -0.137.